The van der Waals surface area contributed by atoms with Crippen LogP contribution in [0.2, 0.25) is 0 Å². The monoisotopic (exact) mass is 416 g/mol. The normalized spacial score (nSPS) is 12.2. The van der Waals surface area contributed by atoms with Crippen LogP contribution in [0.1, 0.15) is 29.8 Å². The maximum Gasteiger partial charge on any atom is 0.416 e. The summed E-state index contributed by atoms with van der Waals surface area (Å²) in [4.78, 5) is 12.1. The van der Waals surface area contributed by atoms with Gasteiger partial charge in [-0.15, -0.1) is 0 Å². The summed E-state index contributed by atoms with van der Waals surface area (Å²) in [6, 6.07) is 7.10. The molecule has 0 aliphatic carbocycles. The molecule has 0 bridgehead atoms. The highest BCUT2D eigenvalue weighted by Gasteiger charge is 2.31. The number of benzene rings is 2. The molecule has 0 unspecified atom stereocenters. The van der Waals surface area contributed by atoms with Gasteiger partial charge < -0.3 is 10.4 Å². The Kier molecular flexibility index (Phi) is 6.35. The molecule has 2 aromatic carbocycles. The molecule has 0 aliphatic rings. The number of hydrogen-bond acceptors (Lipinski definition) is 4. The zero-order valence-corrected chi connectivity index (χ0v) is 15.9. The first-order valence-corrected chi connectivity index (χ1v) is 9.76. The molecule has 0 atom stereocenters. The van der Waals surface area contributed by atoms with E-state index in [1.165, 1.54) is 16.4 Å². The first-order chi connectivity index (χ1) is 13.0. The summed E-state index contributed by atoms with van der Waals surface area (Å²) in [5, 5.41) is 12.2. The van der Waals surface area contributed by atoms with Crippen molar-refractivity contribution in [2.24, 2.45) is 0 Å². The quantitative estimate of drug-likeness (QED) is 0.703. The fraction of sp³-hybridized carbons (Fsp3) is 0.278. The van der Waals surface area contributed by atoms with Crippen LogP contribution in [0.5, 0.6) is 5.75 Å². The van der Waals surface area contributed by atoms with Crippen molar-refractivity contribution in [2.75, 3.05) is 18.4 Å². The number of carbonyl (C=O) groups is 1. The van der Waals surface area contributed by atoms with E-state index in [0.29, 0.717) is 6.07 Å². The number of rotatable bonds is 6. The van der Waals surface area contributed by atoms with Crippen molar-refractivity contribution in [3.63, 3.8) is 0 Å². The molecule has 2 aromatic rings. The van der Waals surface area contributed by atoms with Gasteiger partial charge in [-0.25, -0.2) is 8.42 Å². The third kappa shape index (κ3) is 4.63. The van der Waals surface area contributed by atoms with E-state index in [2.05, 4.69) is 5.32 Å². The summed E-state index contributed by atoms with van der Waals surface area (Å²) >= 11 is 0. The minimum atomic E-state index is -4.61. The minimum Gasteiger partial charge on any atom is -0.506 e. The second kappa shape index (κ2) is 8.19. The van der Waals surface area contributed by atoms with Gasteiger partial charge >= 0.3 is 6.18 Å². The molecule has 0 aliphatic heterocycles. The molecular weight excluding hydrogens is 397 g/mol. The number of amides is 1. The first-order valence-electron chi connectivity index (χ1n) is 8.32. The molecule has 0 radical (unpaired) electrons. The molecule has 0 fully saturated rings. The molecule has 10 heteroatoms. The van der Waals surface area contributed by atoms with Gasteiger partial charge in [0, 0.05) is 18.7 Å². The average molecular weight is 416 g/mol. The summed E-state index contributed by atoms with van der Waals surface area (Å²) in [5.41, 5.74) is -1.51. The van der Waals surface area contributed by atoms with Crippen molar-refractivity contribution >= 4 is 21.6 Å². The van der Waals surface area contributed by atoms with Crippen LogP contribution in [-0.4, -0.2) is 36.8 Å². The number of hydrogen-bond donors (Lipinski definition) is 2. The van der Waals surface area contributed by atoms with Crippen LogP contribution in [0.4, 0.5) is 18.9 Å². The van der Waals surface area contributed by atoms with Gasteiger partial charge in [0.05, 0.1) is 16.1 Å². The predicted molar refractivity (Wildman–Crippen MR) is 97.6 cm³/mol. The van der Waals surface area contributed by atoms with Gasteiger partial charge in [-0.3, -0.25) is 4.79 Å². The SMILES string of the molecule is CCN(CC)S(=O)(=O)c1ccc(O)c(NC(=O)c2cccc(C(F)(F)F)c2)c1. The van der Waals surface area contributed by atoms with Crippen LogP contribution in [0, 0.1) is 0 Å². The Hall–Kier alpha value is -2.59. The van der Waals surface area contributed by atoms with E-state index in [0.717, 1.165) is 24.3 Å². The zero-order valence-electron chi connectivity index (χ0n) is 15.1. The Morgan fingerprint density at radius 3 is 2.32 bits per heavy atom. The zero-order chi connectivity index (χ0) is 21.1. The van der Waals surface area contributed by atoms with Crippen molar-refractivity contribution in [2.45, 2.75) is 24.9 Å². The predicted octanol–water partition coefficient (Wildman–Crippen LogP) is 3.69. The summed E-state index contributed by atoms with van der Waals surface area (Å²) < 4.78 is 64.8. The number of phenolic OH excluding ortho intramolecular Hbond substituents is 1. The van der Waals surface area contributed by atoms with E-state index in [1.54, 1.807) is 13.8 Å². The molecule has 2 N–H and O–H groups in total. The van der Waals surface area contributed by atoms with Crippen molar-refractivity contribution in [3.8, 4) is 5.75 Å². The fourth-order valence-corrected chi connectivity index (χ4v) is 4.00. The molecule has 0 saturated heterocycles. The largest absolute Gasteiger partial charge is 0.506 e. The van der Waals surface area contributed by atoms with Crippen molar-refractivity contribution in [3.05, 3.63) is 53.6 Å². The summed E-state index contributed by atoms with van der Waals surface area (Å²) in [7, 11) is -3.84. The Labute approximate surface area is 160 Å². The molecule has 1 amide bonds. The van der Waals surface area contributed by atoms with Gasteiger partial charge in [0.15, 0.2) is 0 Å². The van der Waals surface area contributed by atoms with Gasteiger partial charge in [0.2, 0.25) is 10.0 Å². The maximum atomic E-state index is 12.8. The highest BCUT2D eigenvalue weighted by atomic mass is 32.2. The number of halogens is 3. The van der Waals surface area contributed by atoms with Crippen molar-refractivity contribution in [1.82, 2.24) is 4.31 Å². The number of alkyl halides is 3. The second-order valence-corrected chi connectivity index (χ2v) is 7.74. The van der Waals surface area contributed by atoms with Gasteiger partial charge in [0.1, 0.15) is 5.75 Å². The lowest BCUT2D eigenvalue weighted by Crippen LogP contribution is -2.30. The Morgan fingerprint density at radius 2 is 1.75 bits per heavy atom. The molecule has 152 valence electrons. The number of nitrogens with zero attached hydrogens (tertiary/aromatic N) is 1. The third-order valence-electron chi connectivity index (χ3n) is 4.01. The summed E-state index contributed by atoms with van der Waals surface area (Å²) in [5.74, 6) is -1.34. The Balaban J connectivity index is 2.36. The summed E-state index contributed by atoms with van der Waals surface area (Å²) in [6.07, 6.45) is -4.61. The van der Waals surface area contributed by atoms with E-state index in [1.807, 2.05) is 0 Å². The lowest BCUT2D eigenvalue weighted by atomic mass is 10.1. The molecule has 0 spiro atoms. The number of nitrogens with one attached hydrogen (secondary N) is 1. The molecule has 0 heterocycles. The van der Waals surface area contributed by atoms with Gasteiger partial charge in [0.25, 0.3) is 5.91 Å². The standard InChI is InChI=1S/C18H19F3N2O4S/c1-3-23(4-2)28(26,27)14-8-9-16(24)15(11-14)22-17(25)12-6-5-7-13(10-12)18(19,20)21/h5-11,24H,3-4H2,1-2H3,(H,22,25). The van der Waals surface area contributed by atoms with E-state index >= 15 is 0 Å². The Bertz CT molecular complexity index is 971. The molecule has 6 nitrogen and oxygen atoms in total. The van der Waals surface area contributed by atoms with E-state index in [4.69, 9.17) is 0 Å². The lowest BCUT2D eigenvalue weighted by molar-refractivity contribution is -0.137. The lowest BCUT2D eigenvalue weighted by Gasteiger charge is -2.19. The van der Waals surface area contributed by atoms with E-state index < -0.39 is 33.4 Å². The third-order valence-corrected chi connectivity index (χ3v) is 6.06. The van der Waals surface area contributed by atoms with Crippen LogP contribution in [0.3, 0.4) is 0 Å². The number of anilines is 1. The van der Waals surface area contributed by atoms with Gasteiger partial charge in [-0.1, -0.05) is 19.9 Å². The fourth-order valence-electron chi connectivity index (χ4n) is 2.52. The molecular formula is C18H19F3N2O4S. The van der Waals surface area contributed by atoms with Crippen LogP contribution in [0.25, 0.3) is 0 Å². The van der Waals surface area contributed by atoms with Crippen LogP contribution >= 0.6 is 0 Å². The first kappa shape index (κ1) is 21.7. The highest BCUT2D eigenvalue weighted by molar-refractivity contribution is 7.89. The highest BCUT2D eigenvalue weighted by Crippen LogP contribution is 2.31. The number of phenols is 1. The summed E-state index contributed by atoms with van der Waals surface area (Å²) in [6.45, 7) is 3.78. The van der Waals surface area contributed by atoms with Crippen LogP contribution < -0.4 is 5.32 Å². The molecule has 0 aromatic heterocycles. The van der Waals surface area contributed by atoms with E-state index in [-0.39, 0.29) is 29.2 Å². The maximum absolute atomic E-state index is 12.8. The number of carbonyl (C=O) groups excluding carboxylic acids is 1. The van der Waals surface area contributed by atoms with Crippen molar-refractivity contribution in [1.29, 1.82) is 0 Å². The average Bonchev–Trinajstić information content (AvgIpc) is 2.63. The topological polar surface area (TPSA) is 86.7 Å². The minimum absolute atomic E-state index is 0.159. The Morgan fingerprint density at radius 1 is 1.11 bits per heavy atom. The number of aromatic hydroxyl groups is 1. The van der Waals surface area contributed by atoms with Crippen LogP contribution in [0.15, 0.2) is 47.4 Å². The molecule has 0 saturated carbocycles. The van der Waals surface area contributed by atoms with Crippen molar-refractivity contribution < 1.29 is 31.5 Å². The molecule has 2 rings (SSSR count). The second-order valence-electron chi connectivity index (χ2n) is 5.80. The van der Waals surface area contributed by atoms with Crippen LogP contribution in [-0.2, 0) is 16.2 Å². The number of sulfonamides is 1. The smallest absolute Gasteiger partial charge is 0.416 e. The van der Waals surface area contributed by atoms with Gasteiger partial charge in [-0.05, 0) is 36.4 Å². The van der Waals surface area contributed by atoms with Gasteiger partial charge in [-0.2, -0.15) is 17.5 Å². The molecule has 28 heavy (non-hydrogen) atoms. The van der Waals surface area contributed by atoms with E-state index in [9.17, 15) is 31.5 Å².